The number of halogens is 2. The normalized spacial score (nSPS) is 10.7. The van der Waals surface area contributed by atoms with Gasteiger partial charge in [0.2, 0.25) is 0 Å². The molecule has 0 fully saturated rings. The molecule has 0 aliphatic rings. The molecule has 3 heteroatoms. The van der Waals surface area contributed by atoms with Crippen LogP contribution in [0.25, 0.3) is 32.9 Å². The number of hydrogen-bond donors (Lipinski definition) is 0. The molecule has 0 bridgehead atoms. The highest BCUT2D eigenvalue weighted by molar-refractivity contribution is 6.18. The van der Waals surface area contributed by atoms with Crippen molar-refractivity contribution >= 4 is 45.7 Å². The van der Waals surface area contributed by atoms with Gasteiger partial charge in [0.25, 0.3) is 0 Å². The second-order valence-electron chi connectivity index (χ2n) is 5.34. The van der Waals surface area contributed by atoms with Crippen molar-refractivity contribution in [2.75, 3.05) is 0 Å². The summed E-state index contributed by atoms with van der Waals surface area (Å²) in [7, 11) is 0. The summed E-state index contributed by atoms with van der Waals surface area (Å²) in [5, 5.41) is 3.56. The Hall–Kier alpha value is -2.09. The van der Waals surface area contributed by atoms with Crippen molar-refractivity contribution in [3.05, 3.63) is 78.4 Å². The van der Waals surface area contributed by atoms with Crippen LogP contribution in [0, 0.1) is 0 Å². The molecule has 0 saturated carbocycles. The van der Waals surface area contributed by atoms with E-state index < -0.39 is 0 Å². The van der Waals surface area contributed by atoms with Gasteiger partial charge in [0.1, 0.15) is 0 Å². The monoisotopic (exact) mass is 339 g/mol. The predicted octanol–water partition coefficient (Wildman–Crippen LogP) is 6.22. The number of alkyl halides is 1. The molecule has 4 aromatic rings. The van der Waals surface area contributed by atoms with Crippen molar-refractivity contribution in [3.63, 3.8) is 0 Å². The van der Waals surface area contributed by atoms with Gasteiger partial charge < -0.3 is 0 Å². The van der Waals surface area contributed by atoms with Crippen LogP contribution in [0.1, 0.15) is 5.56 Å². The van der Waals surface area contributed by atoms with Crippen molar-refractivity contribution in [1.29, 1.82) is 0 Å². The second-order valence-corrected chi connectivity index (χ2v) is 5.61. The third kappa shape index (κ3) is 2.78. The number of pyridine rings is 1. The minimum atomic E-state index is 0. The van der Waals surface area contributed by atoms with E-state index in [1.54, 1.807) is 0 Å². The van der Waals surface area contributed by atoms with Gasteiger partial charge in [0.05, 0.1) is 11.2 Å². The molecule has 1 nitrogen and oxygen atoms in total. The summed E-state index contributed by atoms with van der Waals surface area (Å²) < 4.78 is 0. The molecule has 0 aliphatic heterocycles. The molecular weight excluding hydrogens is 325 g/mol. The third-order valence-corrected chi connectivity index (χ3v) is 4.30. The van der Waals surface area contributed by atoms with Crippen LogP contribution in [0.4, 0.5) is 0 Å². The van der Waals surface area contributed by atoms with Crippen LogP contribution >= 0.6 is 24.0 Å². The fourth-order valence-electron chi connectivity index (χ4n) is 2.94. The molecule has 0 aliphatic carbocycles. The van der Waals surface area contributed by atoms with E-state index in [0.29, 0.717) is 5.88 Å². The second kappa shape index (κ2) is 6.57. The Kier molecular flexibility index (Phi) is 4.51. The van der Waals surface area contributed by atoms with Gasteiger partial charge in [-0.3, -0.25) is 0 Å². The summed E-state index contributed by atoms with van der Waals surface area (Å²) in [4.78, 5) is 4.85. The molecule has 0 N–H and O–H groups in total. The zero-order valence-corrected chi connectivity index (χ0v) is 13.9. The quantitative estimate of drug-likeness (QED) is 0.395. The highest BCUT2D eigenvalue weighted by atomic mass is 35.5. The van der Waals surface area contributed by atoms with Crippen LogP contribution in [-0.2, 0) is 5.88 Å². The molecular formula is C20H15Cl2N. The van der Waals surface area contributed by atoms with Crippen LogP contribution in [0.15, 0.2) is 72.8 Å². The molecule has 0 unspecified atom stereocenters. The number of fused-ring (bicyclic) bond motifs is 2. The minimum Gasteiger partial charge on any atom is -0.248 e. The molecule has 3 aromatic carbocycles. The van der Waals surface area contributed by atoms with Gasteiger partial charge >= 0.3 is 0 Å². The van der Waals surface area contributed by atoms with Gasteiger partial charge in [-0.15, -0.1) is 24.0 Å². The molecule has 0 saturated heterocycles. The Morgan fingerprint density at radius 2 is 1.43 bits per heavy atom. The van der Waals surface area contributed by atoms with Crippen molar-refractivity contribution in [3.8, 4) is 11.3 Å². The lowest BCUT2D eigenvalue weighted by atomic mass is 9.96. The fourth-order valence-corrected chi connectivity index (χ4v) is 3.16. The summed E-state index contributed by atoms with van der Waals surface area (Å²) in [5.74, 6) is 0.481. The smallest absolute Gasteiger partial charge is 0.0719 e. The molecule has 1 heterocycles. The lowest BCUT2D eigenvalue weighted by Crippen LogP contribution is -1.92. The highest BCUT2D eigenvalue weighted by Crippen LogP contribution is 2.33. The van der Waals surface area contributed by atoms with Crippen LogP contribution in [0.2, 0.25) is 0 Å². The van der Waals surface area contributed by atoms with E-state index in [0.717, 1.165) is 27.7 Å². The summed E-state index contributed by atoms with van der Waals surface area (Å²) in [6, 6.07) is 25.0. The maximum Gasteiger partial charge on any atom is 0.0719 e. The third-order valence-electron chi connectivity index (χ3n) is 4.01. The maximum absolute atomic E-state index is 6.17. The predicted molar refractivity (Wildman–Crippen MR) is 101 cm³/mol. The SMILES string of the molecule is Cl.ClCc1ccc2ccccc2c1-c1ccc2ccccc2n1. The lowest BCUT2D eigenvalue weighted by Gasteiger charge is -2.12. The van der Waals surface area contributed by atoms with E-state index in [1.807, 2.05) is 18.2 Å². The number of aromatic nitrogens is 1. The van der Waals surface area contributed by atoms with E-state index in [1.165, 1.54) is 10.8 Å². The fraction of sp³-hybridized carbons (Fsp3) is 0.0500. The first-order chi connectivity index (χ1) is 10.9. The van der Waals surface area contributed by atoms with Gasteiger partial charge in [0, 0.05) is 16.8 Å². The maximum atomic E-state index is 6.17. The van der Waals surface area contributed by atoms with Gasteiger partial charge in [-0.2, -0.15) is 0 Å². The average molecular weight is 340 g/mol. The first-order valence-electron chi connectivity index (χ1n) is 7.29. The summed E-state index contributed by atoms with van der Waals surface area (Å²) >= 11 is 6.17. The topological polar surface area (TPSA) is 12.9 Å². The van der Waals surface area contributed by atoms with Crippen LogP contribution in [-0.4, -0.2) is 4.98 Å². The Bertz CT molecular complexity index is 979. The first-order valence-corrected chi connectivity index (χ1v) is 7.83. The zero-order chi connectivity index (χ0) is 14.9. The van der Waals surface area contributed by atoms with Gasteiger partial charge in [-0.05, 0) is 28.5 Å². The molecule has 4 rings (SSSR count). The molecule has 1 aromatic heterocycles. The van der Waals surface area contributed by atoms with Crippen molar-refractivity contribution in [1.82, 2.24) is 4.98 Å². The van der Waals surface area contributed by atoms with E-state index in [-0.39, 0.29) is 12.4 Å². The van der Waals surface area contributed by atoms with Gasteiger partial charge in [0.15, 0.2) is 0 Å². The highest BCUT2D eigenvalue weighted by Gasteiger charge is 2.11. The molecule has 114 valence electrons. The van der Waals surface area contributed by atoms with Crippen LogP contribution < -0.4 is 0 Å². The van der Waals surface area contributed by atoms with Crippen LogP contribution in [0.5, 0.6) is 0 Å². The molecule has 0 amide bonds. The Morgan fingerprint density at radius 1 is 0.739 bits per heavy atom. The molecule has 23 heavy (non-hydrogen) atoms. The first kappa shape index (κ1) is 15.8. The van der Waals surface area contributed by atoms with E-state index in [2.05, 4.69) is 54.6 Å². The minimum absolute atomic E-state index is 0. The Morgan fingerprint density at radius 3 is 2.26 bits per heavy atom. The van der Waals surface area contributed by atoms with Crippen molar-refractivity contribution < 1.29 is 0 Å². The zero-order valence-electron chi connectivity index (χ0n) is 12.4. The summed E-state index contributed by atoms with van der Waals surface area (Å²) in [5.41, 5.74) is 4.24. The molecule has 0 radical (unpaired) electrons. The number of para-hydroxylation sites is 1. The number of nitrogens with zero attached hydrogens (tertiary/aromatic N) is 1. The van der Waals surface area contributed by atoms with E-state index >= 15 is 0 Å². The van der Waals surface area contributed by atoms with Gasteiger partial charge in [-0.25, -0.2) is 4.98 Å². The Labute approximate surface area is 146 Å². The largest absolute Gasteiger partial charge is 0.248 e. The summed E-state index contributed by atoms with van der Waals surface area (Å²) in [6.07, 6.45) is 0. The van der Waals surface area contributed by atoms with Gasteiger partial charge in [-0.1, -0.05) is 60.7 Å². The Balaban J connectivity index is 0.00000156. The lowest BCUT2D eigenvalue weighted by molar-refractivity contribution is 1.35. The number of hydrogen-bond acceptors (Lipinski definition) is 1. The van der Waals surface area contributed by atoms with E-state index in [4.69, 9.17) is 16.6 Å². The molecule has 0 atom stereocenters. The van der Waals surface area contributed by atoms with Crippen LogP contribution in [0.3, 0.4) is 0 Å². The van der Waals surface area contributed by atoms with Crippen molar-refractivity contribution in [2.45, 2.75) is 5.88 Å². The average Bonchev–Trinajstić information content (AvgIpc) is 2.60. The summed E-state index contributed by atoms with van der Waals surface area (Å²) in [6.45, 7) is 0. The van der Waals surface area contributed by atoms with Crippen molar-refractivity contribution in [2.24, 2.45) is 0 Å². The molecule has 0 spiro atoms. The number of rotatable bonds is 2. The standard InChI is InChI=1S/C20H14ClN.ClH/c21-13-16-10-9-14-5-1-3-7-17(14)20(16)19-12-11-15-6-2-4-8-18(15)22-19;/h1-12H,13H2;1H. The number of benzene rings is 3. The van der Waals surface area contributed by atoms with E-state index in [9.17, 15) is 0 Å².